The van der Waals surface area contributed by atoms with Crippen molar-refractivity contribution in [2.45, 2.75) is 26.3 Å². The number of ether oxygens (including phenoxy) is 1. The molecule has 0 radical (unpaired) electrons. The van der Waals surface area contributed by atoms with E-state index in [-0.39, 0.29) is 18.4 Å². The molecule has 1 amide bonds. The van der Waals surface area contributed by atoms with Gasteiger partial charge in [0.1, 0.15) is 0 Å². The fourth-order valence-corrected chi connectivity index (χ4v) is 1.48. The third-order valence-corrected chi connectivity index (χ3v) is 2.16. The summed E-state index contributed by atoms with van der Waals surface area (Å²) in [4.78, 5) is 22.9. The number of rotatable bonds is 4. The first-order valence-electron chi connectivity index (χ1n) is 5.49. The number of esters is 1. The van der Waals surface area contributed by atoms with E-state index in [1.165, 1.54) is 7.11 Å². The van der Waals surface area contributed by atoms with Gasteiger partial charge in [-0.05, 0) is 31.5 Å². The molecule has 0 aliphatic rings. The summed E-state index contributed by atoms with van der Waals surface area (Å²) in [6, 6.07) is 7.00. The van der Waals surface area contributed by atoms with Gasteiger partial charge in [0.2, 0.25) is 5.91 Å². The highest BCUT2D eigenvalue weighted by atomic mass is 16.5. The minimum absolute atomic E-state index is 0.0537. The lowest BCUT2D eigenvalue weighted by Crippen LogP contribution is -2.31. The maximum Gasteiger partial charge on any atom is 0.337 e. The number of hydrogen-bond acceptors (Lipinski definition) is 3. The van der Waals surface area contributed by atoms with Crippen LogP contribution in [0.15, 0.2) is 24.3 Å². The van der Waals surface area contributed by atoms with Gasteiger partial charge in [-0.25, -0.2) is 4.79 Å². The van der Waals surface area contributed by atoms with Crippen LogP contribution in [0.25, 0.3) is 0 Å². The zero-order chi connectivity index (χ0) is 12.8. The van der Waals surface area contributed by atoms with Gasteiger partial charge in [-0.2, -0.15) is 0 Å². The minimum atomic E-state index is -0.392. The summed E-state index contributed by atoms with van der Waals surface area (Å²) in [5.41, 5.74) is 1.26. The van der Waals surface area contributed by atoms with Crippen LogP contribution in [-0.4, -0.2) is 25.0 Å². The molecule has 0 aliphatic carbocycles. The monoisotopic (exact) mass is 235 g/mol. The largest absolute Gasteiger partial charge is 0.465 e. The van der Waals surface area contributed by atoms with E-state index in [1.54, 1.807) is 18.2 Å². The van der Waals surface area contributed by atoms with Gasteiger partial charge >= 0.3 is 5.97 Å². The first-order chi connectivity index (χ1) is 8.02. The van der Waals surface area contributed by atoms with Crippen LogP contribution >= 0.6 is 0 Å². The third-order valence-electron chi connectivity index (χ3n) is 2.16. The molecule has 0 bridgehead atoms. The van der Waals surface area contributed by atoms with E-state index in [2.05, 4.69) is 10.1 Å². The van der Waals surface area contributed by atoms with Gasteiger partial charge in [0, 0.05) is 6.04 Å². The molecular formula is C13H17NO3. The Labute approximate surface area is 101 Å². The predicted octanol–water partition coefficient (Wildman–Crippen LogP) is 1.54. The number of methoxy groups -OCH3 is 1. The molecule has 0 aromatic heterocycles. The lowest BCUT2D eigenvalue weighted by Gasteiger charge is -2.08. The van der Waals surface area contributed by atoms with E-state index in [9.17, 15) is 9.59 Å². The van der Waals surface area contributed by atoms with Gasteiger partial charge in [-0.1, -0.05) is 12.1 Å². The van der Waals surface area contributed by atoms with E-state index in [1.807, 2.05) is 19.9 Å². The van der Waals surface area contributed by atoms with E-state index in [0.717, 1.165) is 5.56 Å². The number of carbonyl (C=O) groups excluding carboxylic acids is 2. The number of hydrogen-bond donors (Lipinski definition) is 1. The Kier molecular flexibility index (Phi) is 4.69. The molecule has 0 saturated carbocycles. The molecule has 0 aliphatic heterocycles. The zero-order valence-corrected chi connectivity index (χ0v) is 10.3. The van der Waals surface area contributed by atoms with Gasteiger partial charge in [0.05, 0.1) is 19.1 Å². The predicted molar refractivity (Wildman–Crippen MR) is 64.8 cm³/mol. The van der Waals surface area contributed by atoms with Crippen molar-refractivity contribution >= 4 is 11.9 Å². The van der Waals surface area contributed by atoms with E-state index in [0.29, 0.717) is 5.56 Å². The molecular weight excluding hydrogens is 218 g/mol. The Morgan fingerprint density at radius 3 is 2.65 bits per heavy atom. The summed E-state index contributed by atoms with van der Waals surface area (Å²) >= 11 is 0. The van der Waals surface area contributed by atoms with Crippen LogP contribution in [0.5, 0.6) is 0 Å². The highest BCUT2D eigenvalue weighted by molar-refractivity contribution is 5.90. The van der Waals surface area contributed by atoms with E-state index in [4.69, 9.17) is 0 Å². The first kappa shape index (κ1) is 13.2. The minimum Gasteiger partial charge on any atom is -0.465 e. The maximum absolute atomic E-state index is 11.5. The van der Waals surface area contributed by atoms with Crippen LogP contribution in [0.1, 0.15) is 29.8 Å². The van der Waals surface area contributed by atoms with Crippen molar-refractivity contribution in [2.24, 2.45) is 0 Å². The van der Waals surface area contributed by atoms with Crippen molar-refractivity contribution in [2.75, 3.05) is 7.11 Å². The van der Waals surface area contributed by atoms with Crippen LogP contribution in [0.4, 0.5) is 0 Å². The SMILES string of the molecule is COC(=O)c1cccc(CC(=O)NC(C)C)c1. The molecule has 92 valence electrons. The van der Waals surface area contributed by atoms with Gasteiger partial charge in [-0.15, -0.1) is 0 Å². The Bertz CT molecular complexity index is 413. The first-order valence-corrected chi connectivity index (χ1v) is 5.49. The Morgan fingerprint density at radius 1 is 1.35 bits per heavy atom. The fraction of sp³-hybridized carbons (Fsp3) is 0.385. The molecule has 17 heavy (non-hydrogen) atoms. The molecule has 0 atom stereocenters. The standard InChI is InChI=1S/C13H17NO3/c1-9(2)14-12(15)8-10-5-4-6-11(7-10)13(16)17-3/h4-7,9H,8H2,1-3H3,(H,14,15). The summed E-state index contributed by atoms with van der Waals surface area (Å²) in [6.07, 6.45) is 0.267. The summed E-state index contributed by atoms with van der Waals surface area (Å²) in [5.74, 6) is -0.446. The van der Waals surface area contributed by atoms with Gasteiger partial charge in [0.25, 0.3) is 0 Å². The van der Waals surface area contributed by atoms with E-state index < -0.39 is 5.97 Å². The second-order valence-corrected chi connectivity index (χ2v) is 4.09. The molecule has 1 N–H and O–H groups in total. The van der Waals surface area contributed by atoms with Crippen molar-refractivity contribution in [1.82, 2.24) is 5.32 Å². The molecule has 1 rings (SSSR count). The van der Waals surface area contributed by atoms with Crippen molar-refractivity contribution in [3.63, 3.8) is 0 Å². The second kappa shape index (κ2) is 6.03. The molecule has 4 nitrogen and oxygen atoms in total. The quantitative estimate of drug-likeness (QED) is 0.805. The third kappa shape index (κ3) is 4.26. The second-order valence-electron chi connectivity index (χ2n) is 4.09. The maximum atomic E-state index is 11.5. The molecule has 1 aromatic rings. The number of carbonyl (C=O) groups is 2. The van der Waals surface area contributed by atoms with Gasteiger partial charge in [-0.3, -0.25) is 4.79 Å². The van der Waals surface area contributed by atoms with Crippen LogP contribution in [0.2, 0.25) is 0 Å². The van der Waals surface area contributed by atoms with Crippen LogP contribution in [0.3, 0.4) is 0 Å². The topological polar surface area (TPSA) is 55.4 Å². The molecule has 0 heterocycles. The molecule has 0 unspecified atom stereocenters. The normalized spacial score (nSPS) is 10.1. The lowest BCUT2D eigenvalue weighted by atomic mass is 10.1. The molecule has 1 aromatic carbocycles. The summed E-state index contributed by atoms with van der Waals surface area (Å²) in [5, 5.41) is 2.80. The summed E-state index contributed by atoms with van der Waals surface area (Å²) in [7, 11) is 1.33. The van der Waals surface area contributed by atoms with Crippen LogP contribution in [0, 0.1) is 0 Å². The highest BCUT2D eigenvalue weighted by Crippen LogP contribution is 2.07. The summed E-state index contributed by atoms with van der Waals surface area (Å²) in [6.45, 7) is 3.81. The van der Waals surface area contributed by atoms with Crippen molar-refractivity contribution < 1.29 is 14.3 Å². The Balaban J connectivity index is 2.72. The average molecular weight is 235 g/mol. The van der Waals surface area contributed by atoms with Crippen LogP contribution in [-0.2, 0) is 16.0 Å². The van der Waals surface area contributed by atoms with Crippen molar-refractivity contribution in [1.29, 1.82) is 0 Å². The van der Waals surface area contributed by atoms with Gasteiger partial charge in [0.15, 0.2) is 0 Å². The smallest absolute Gasteiger partial charge is 0.337 e. The Hall–Kier alpha value is -1.84. The fourth-order valence-electron chi connectivity index (χ4n) is 1.48. The average Bonchev–Trinajstić information content (AvgIpc) is 2.27. The number of benzene rings is 1. The number of nitrogens with one attached hydrogen (secondary N) is 1. The van der Waals surface area contributed by atoms with Crippen molar-refractivity contribution in [3.8, 4) is 0 Å². The molecule has 4 heteroatoms. The zero-order valence-electron chi connectivity index (χ0n) is 10.3. The molecule has 0 fully saturated rings. The van der Waals surface area contributed by atoms with E-state index >= 15 is 0 Å². The molecule has 0 spiro atoms. The van der Waals surface area contributed by atoms with Gasteiger partial charge < -0.3 is 10.1 Å². The lowest BCUT2D eigenvalue weighted by molar-refractivity contribution is -0.120. The summed E-state index contributed by atoms with van der Waals surface area (Å²) < 4.78 is 4.62. The highest BCUT2D eigenvalue weighted by Gasteiger charge is 2.08. The number of amides is 1. The van der Waals surface area contributed by atoms with Crippen molar-refractivity contribution in [3.05, 3.63) is 35.4 Å². The van der Waals surface area contributed by atoms with Crippen LogP contribution < -0.4 is 5.32 Å². The molecule has 0 saturated heterocycles. The Morgan fingerprint density at radius 2 is 2.06 bits per heavy atom.